The molecule has 0 saturated heterocycles. The highest BCUT2D eigenvalue weighted by molar-refractivity contribution is 5.90. The molecule has 0 spiro atoms. The van der Waals surface area contributed by atoms with Gasteiger partial charge in [0.1, 0.15) is 17.7 Å². The van der Waals surface area contributed by atoms with E-state index in [-0.39, 0.29) is 12.3 Å². The summed E-state index contributed by atoms with van der Waals surface area (Å²) >= 11 is 0. The summed E-state index contributed by atoms with van der Waals surface area (Å²) in [5.74, 6) is 3.47. The topological polar surface area (TPSA) is 126 Å². The molecular weight excluding hydrogens is 346 g/mol. The molecule has 0 aromatic carbocycles. The van der Waals surface area contributed by atoms with E-state index in [9.17, 15) is 4.79 Å². The SMILES string of the molecule is C#CCCC1(CCC(=O)Nc2cc(C)nn2-c2ncnc3nc[nH]c23)N=N1. The smallest absolute Gasteiger partial charge is 0.225 e. The predicted molar refractivity (Wildman–Crippen MR) is 97.1 cm³/mol. The molecule has 1 aliphatic rings. The van der Waals surface area contributed by atoms with Gasteiger partial charge in [-0.1, -0.05) is 0 Å². The summed E-state index contributed by atoms with van der Waals surface area (Å²) in [6.45, 7) is 1.84. The number of fused-ring (bicyclic) bond motifs is 1. The van der Waals surface area contributed by atoms with E-state index in [1.807, 2.05) is 6.92 Å². The molecule has 4 heterocycles. The zero-order valence-corrected chi connectivity index (χ0v) is 14.7. The van der Waals surface area contributed by atoms with Gasteiger partial charge in [-0.2, -0.15) is 20.0 Å². The van der Waals surface area contributed by atoms with Crippen LogP contribution >= 0.6 is 0 Å². The van der Waals surface area contributed by atoms with Crippen molar-refractivity contribution in [3.63, 3.8) is 0 Å². The Kier molecular flexibility index (Phi) is 4.12. The van der Waals surface area contributed by atoms with Crippen molar-refractivity contribution in [2.45, 2.75) is 38.3 Å². The van der Waals surface area contributed by atoms with Gasteiger partial charge in [0.2, 0.25) is 5.91 Å². The lowest BCUT2D eigenvalue weighted by Crippen LogP contribution is -2.19. The molecule has 10 nitrogen and oxygen atoms in total. The summed E-state index contributed by atoms with van der Waals surface area (Å²) in [6.07, 6.45) is 10.3. The van der Waals surface area contributed by atoms with Crippen LogP contribution in [0, 0.1) is 19.3 Å². The number of nitrogens with one attached hydrogen (secondary N) is 2. The molecule has 0 radical (unpaired) electrons. The third kappa shape index (κ3) is 3.39. The first-order valence-electron chi connectivity index (χ1n) is 8.49. The maximum atomic E-state index is 12.4. The largest absolute Gasteiger partial charge is 0.340 e. The van der Waals surface area contributed by atoms with E-state index >= 15 is 0 Å². The number of aryl methyl sites for hydroxylation is 1. The van der Waals surface area contributed by atoms with Gasteiger partial charge < -0.3 is 10.3 Å². The second-order valence-electron chi connectivity index (χ2n) is 6.32. The molecule has 0 aliphatic carbocycles. The lowest BCUT2D eigenvalue weighted by molar-refractivity contribution is -0.116. The second-order valence-corrected chi connectivity index (χ2v) is 6.32. The van der Waals surface area contributed by atoms with E-state index in [0.29, 0.717) is 42.1 Å². The zero-order valence-electron chi connectivity index (χ0n) is 14.7. The number of terminal acetylenes is 1. The minimum atomic E-state index is -0.478. The highest BCUT2D eigenvalue weighted by Gasteiger charge is 2.39. The van der Waals surface area contributed by atoms with E-state index in [4.69, 9.17) is 6.42 Å². The van der Waals surface area contributed by atoms with Crippen molar-refractivity contribution >= 4 is 22.9 Å². The van der Waals surface area contributed by atoms with Gasteiger partial charge in [-0.3, -0.25) is 4.79 Å². The molecule has 27 heavy (non-hydrogen) atoms. The highest BCUT2D eigenvalue weighted by atomic mass is 16.1. The lowest BCUT2D eigenvalue weighted by atomic mass is 10.0. The van der Waals surface area contributed by atoms with Crippen LogP contribution in [0.2, 0.25) is 0 Å². The summed E-state index contributed by atoms with van der Waals surface area (Å²) in [6, 6.07) is 1.78. The fraction of sp³-hybridized carbons (Fsp3) is 0.353. The number of amides is 1. The molecule has 1 aliphatic heterocycles. The Morgan fingerprint density at radius 2 is 2.19 bits per heavy atom. The summed E-state index contributed by atoms with van der Waals surface area (Å²) in [7, 11) is 0. The summed E-state index contributed by atoms with van der Waals surface area (Å²) in [5.41, 5.74) is 1.43. The Balaban J connectivity index is 1.50. The molecule has 0 saturated carbocycles. The molecule has 10 heteroatoms. The Morgan fingerprint density at radius 3 is 2.96 bits per heavy atom. The van der Waals surface area contributed by atoms with Gasteiger partial charge in [-0.15, -0.1) is 12.3 Å². The van der Waals surface area contributed by atoms with Gasteiger partial charge >= 0.3 is 0 Å². The number of hydrogen-bond donors (Lipinski definition) is 2. The molecule has 2 N–H and O–H groups in total. The minimum Gasteiger partial charge on any atom is -0.340 e. The lowest BCUT2D eigenvalue weighted by Gasteiger charge is -2.10. The van der Waals surface area contributed by atoms with Crippen LogP contribution in [-0.2, 0) is 4.79 Å². The molecular formula is C17H17N9O. The fourth-order valence-electron chi connectivity index (χ4n) is 2.85. The van der Waals surface area contributed by atoms with E-state index in [1.165, 1.54) is 12.7 Å². The molecule has 1 amide bonds. The van der Waals surface area contributed by atoms with Crippen molar-refractivity contribution in [1.82, 2.24) is 29.7 Å². The standard InChI is InChI=1S/C17H17N9O/c1-3-4-6-17(24-25-17)7-5-13(27)22-12-8-11(2)23-26(12)16-14-15(19-9-18-14)20-10-21-16/h1,8-10H,4-7H2,2H3,(H,22,27)(H,18,19,20,21). The first-order chi connectivity index (χ1) is 13.1. The van der Waals surface area contributed by atoms with Crippen LogP contribution in [0.4, 0.5) is 5.82 Å². The molecule has 0 bridgehead atoms. The quantitative estimate of drug-likeness (QED) is 0.622. The average molecular weight is 363 g/mol. The Hall–Kier alpha value is -3.61. The highest BCUT2D eigenvalue weighted by Crippen LogP contribution is 2.37. The van der Waals surface area contributed by atoms with Crippen LogP contribution in [0.5, 0.6) is 0 Å². The van der Waals surface area contributed by atoms with Crippen molar-refractivity contribution in [2.75, 3.05) is 5.32 Å². The summed E-state index contributed by atoms with van der Waals surface area (Å²) in [4.78, 5) is 27.9. The normalized spacial score (nSPS) is 14.2. The maximum Gasteiger partial charge on any atom is 0.225 e. The van der Waals surface area contributed by atoms with Crippen LogP contribution in [0.1, 0.15) is 31.4 Å². The van der Waals surface area contributed by atoms with E-state index in [1.54, 1.807) is 10.7 Å². The number of aromatic nitrogens is 6. The molecule has 3 aromatic heterocycles. The minimum absolute atomic E-state index is 0.150. The number of anilines is 1. The van der Waals surface area contributed by atoms with Crippen LogP contribution in [0.15, 0.2) is 28.9 Å². The molecule has 0 fully saturated rings. The van der Waals surface area contributed by atoms with E-state index < -0.39 is 5.66 Å². The number of H-pyrrole nitrogens is 1. The van der Waals surface area contributed by atoms with Crippen molar-refractivity contribution in [1.29, 1.82) is 0 Å². The zero-order chi connectivity index (χ0) is 18.9. The van der Waals surface area contributed by atoms with Gasteiger partial charge in [0.15, 0.2) is 17.1 Å². The van der Waals surface area contributed by atoms with Crippen molar-refractivity contribution in [2.24, 2.45) is 10.2 Å². The average Bonchev–Trinajstić information content (AvgIpc) is 3.08. The molecule has 0 atom stereocenters. The second kappa shape index (κ2) is 6.60. The number of rotatable bonds is 7. The molecule has 136 valence electrons. The first-order valence-corrected chi connectivity index (χ1v) is 8.49. The monoisotopic (exact) mass is 363 g/mol. The van der Waals surface area contributed by atoms with Crippen LogP contribution in [0.3, 0.4) is 0 Å². The third-order valence-corrected chi connectivity index (χ3v) is 4.31. The van der Waals surface area contributed by atoms with Crippen molar-refractivity contribution in [3.05, 3.63) is 24.4 Å². The Bertz CT molecular complexity index is 1070. The number of carbonyl (C=O) groups is 1. The Morgan fingerprint density at radius 1 is 1.33 bits per heavy atom. The third-order valence-electron chi connectivity index (χ3n) is 4.31. The van der Waals surface area contributed by atoms with Crippen molar-refractivity contribution < 1.29 is 4.79 Å². The number of nitrogens with zero attached hydrogens (tertiary/aromatic N) is 7. The van der Waals surface area contributed by atoms with Gasteiger partial charge in [-0.25, -0.2) is 15.0 Å². The Labute approximate surface area is 154 Å². The number of hydrogen-bond acceptors (Lipinski definition) is 7. The van der Waals surface area contributed by atoms with Gasteiger partial charge in [-0.05, 0) is 6.92 Å². The summed E-state index contributed by atoms with van der Waals surface area (Å²) < 4.78 is 1.56. The van der Waals surface area contributed by atoms with Crippen LogP contribution < -0.4 is 5.32 Å². The molecule has 0 unspecified atom stereocenters. The van der Waals surface area contributed by atoms with Gasteiger partial charge in [0, 0.05) is 31.7 Å². The predicted octanol–water partition coefficient (Wildman–Crippen LogP) is 2.14. The first kappa shape index (κ1) is 16.8. The van der Waals surface area contributed by atoms with E-state index in [2.05, 4.69) is 46.5 Å². The van der Waals surface area contributed by atoms with Crippen LogP contribution in [0.25, 0.3) is 17.0 Å². The van der Waals surface area contributed by atoms with E-state index in [0.717, 1.165) is 5.69 Å². The number of imidazole rings is 1. The number of aromatic amines is 1. The maximum absolute atomic E-state index is 12.4. The molecule has 3 aromatic rings. The van der Waals surface area contributed by atoms with Gasteiger partial charge in [0.05, 0.1) is 12.0 Å². The van der Waals surface area contributed by atoms with Crippen molar-refractivity contribution in [3.8, 4) is 18.2 Å². The summed E-state index contributed by atoms with van der Waals surface area (Å²) in [5, 5.41) is 15.4. The van der Waals surface area contributed by atoms with Crippen LogP contribution in [-0.4, -0.2) is 41.3 Å². The van der Waals surface area contributed by atoms with Gasteiger partial charge in [0.25, 0.3) is 0 Å². The fourth-order valence-corrected chi connectivity index (χ4v) is 2.85. The number of carbonyl (C=O) groups excluding carboxylic acids is 1. The molecule has 4 rings (SSSR count).